The number of nitrogens with zero attached hydrogens (tertiary/aromatic N) is 1. The molecule has 0 amide bonds. The number of benzene rings is 2. The molecule has 0 spiro atoms. The Morgan fingerprint density at radius 3 is 2.25 bits per heavy atom. The first-order valence-electron chi connectivity index (χ1n) is 6.21. The van der Waals surface area contributed by atoms with Gasteiger partial charge >= 0.3 is 0 Å². The summed E-state index contributed by atoms with van der Waals surface area (Å²) in [4.78, 5) is 18.7. The quantitative estimate of drug-likeness (QED) is 0.790. The summed E-state index contributed by atoms with van der Waals surface area (Å²) in [6.07, 6.45) is 0. The van der Waals surface area contributed by atoms with Crippen molar-refractivity contribution in [1.29, 1.82) is 0 Å². The number of ether oxygens (including phenoxy) is 1. The lowest BCUT2D eigenvalue weighted by atomic mass is 10.2. The van der Waals surface area contributed by atoms with E-state index in [-0.39, 0.29) is 11.4 Å². The van der Waals surface area contributed by atoms with Crippen molar-refractivity contribution in [3.05, 3.63) is 77.1 Å². The summed E-state index contributed by atoms with van der Waals surface area (Å²) in [5.74, 6) is 1.41. The van der Waals surface area contributed by atoms with Crippen LogP contribution in [0.4, 0.5) is 0 Å². The van der Waals surface area contributed by atoms with Gasteiger partial charge in [0.15, 0.2) is 0 Å². The molecule has 1 aromatic heterocycles. The topological polar surface area (TPSA) is 55.0 Å². The lowest BCUT2D eigenvalue weighted by Gasteiger charge is -2.06. The predicted octanol–water partition coefficient (Wildman–Crippen LogP) is 3.23. The molecule has 4 heteroatoms. The summed E-state index contributed by atoms with van der Waals surface area (Å²) in [6, 6.07) is 20.0. The van der Waals surface area contributed by atoms with Crippen LogP contribution >= 0.6 is 0 Å². The number of H-pyrrole nitrogens is 1. The summed E-state index contributed by atoms with van der Waals surface area (Å²) < 4.78 is 5.59. The normalized spacial score (nSPS) is 10.2. The summed E-state index contributed by atoms with van der Waals surface area (Å²) in [5, 5.41) is 0. The monoisotopic (exact) mass is 264 g/mol. The number of hydrogen-bond donors (Lipinski definition) is 1. The molecule has 1 heterocycles. The van der Waals surface area contributed by atoms with Gasteiger partial charge in [-0.1, -0.05) is 48.5 Å². The Bertz CT molecular complexity index is 752. The minimum Gasteiger partial charge on any atom is -0.439 e. The van der Waals surface area contributed by atoms with Gasteiger partial charge in [-0.25, -0.2) is 0 Å². The van der Waals surface area contributed by atoms with E-state index >= 15 is 0 Å². The van der Waals surface area contributed by atoms with Gasteiger partial charge in [-0.15, -0.1) is 0 Å². The number of aromatic amines is 1. The summed E-state index contributed by atoms with van der Waals surface area (Å²) in [5.41, 5.74) is 0.591. The van der Waals surface area contributed by atoms with Crippen molar-refractivity contribution in [3.63, 3.8) is 0 Å². The fourth-order valence-electron chi connectivity index (χ4n) is 1.83. The average molecular weight is 264 g/mol. The molecular weight excluding hydrogens is 252 g/mol. The van der Waals surface area contributed by atoms with E-state index in [0.29, 0.717) is 11.6 Å². The van der Waals surface area contributed by atoms with Crippen molar-refractivity contribution in [3.8, 4) is 23.0 Å². The first kappa shape index (κ1) is 12.2. The molecule has 1 N–H and O–H groups in total. The molecule has 0 fully saturated rings. The first-order valence-corrected chi connectivity index (χ1v) is 6.21. The standard InChI is InChI=1S/C16H12N2O2/c19-14-11-15(20-13-9-5-2-6-10-13)18-16(17-14)12-7-3-1-4-8-12/h1-11H,(H,17,18,19). The molecule has 2 aromatic carbocycles. The van der Waals surface area contributed by atoms with Crippen molar-refractivity contribution in [2.75, 3.05) is 0 Å². The number of hydrogen-bond acceptors (Lipinski definition) is 3. The molecule has 0 bridgehead atoms. The van der Waals surface area contributed by atoms with Crippen molar-refractivity contribution in [1.82, 2.24) is 9.97 Å². The Kier molecular flexibility index (Phi) is 3.29. The minimum atomic E-state index is -0.246. The second-order valence-corrected chi connectivity index (χ2v) is 4.21. The van der Waals surface area contributed by atoms with Gasteiger partial charge < -0.3 is 9.72 Å². The zero-order valence-corrected chi connectivity index (χ0v) is 10.6. The molecule has 3 aromatic rings. The number of para-hydroxylation sites is 1. The SMILES string of the molecule is O=c1cc(Oc2ccccc2)nc(-c2ccccc2)[nH]1. The predicted molar refractivity (Wildman–Crippen MR) is 76.8 cm³/mol. The second-order valence-electron chi connectivity index (χ2n) is 4.21. The smallest absolute Gasteiger partial charge is 0.254 e. The average Bonchev–Trinajstić information content (AvgIpc) is 2.49. The molecule has 0 saturated heterocycles. The molecule has 0 radical (unpaired) electrons. The Labute approximate surface area is 115 Å². The van der Waals surface area contributed by atoms with Gasteiger partial charge in [0.05, 0.1) is 6.07 Å². The van der Waals surface area contributed by atoms with Gasteiger partial charge in [-0.2, -0.15) is 4.98 Å². The third-order valence-electron chi connectivity index (χ3n) is 2.73. The lowest BCUT2D eigenvalue weighted by molar-refractivity contribution is 0.461. The van der Waals surface area contributed by atoms with Crippen LogP contribution in [0.3, 0.4) is 0 Å². The fourth-order valence-corrected chi connectivity index (χ4v) is 1.83. The van der Waals surface area contributed by atoms with Gasteiger partial charge in [0, 0.05) is 5.56 Å². The van der Waals surface area contributed by atoms with Crippen LogP contribution < -0.4 is 10.3 Å². The fraction of sp³-hybridized carbons (Fsp3) is 0. The molecule has 0 aliphatic rings. The maximum atomic E-state index is 11.7. The third kappa shape index (κ3) is 2.75. The van der Waals surface area contributed by atoms with Crippen molar-refractivity contribution < 1.29 is 4.74 Å². The molecule has 3 rings (SSSR count). The van der Waals surface area contributed by atoms with Crippen LogP contribution in [0.2, 0.25) is 0 Å². The van der Waals surface area contributed by atoms with Gasteiger partial charge in [0.25, 0.3) is 5.56 Å². The van der Waals surface area contributed by atoms with Crippen LogP contribution in [-0.2, 0) is 0 Å². The van der Waals surface area contributed by atoms with Crippen molar-refractivity contribution in [2.45, 2.75) is 0 Å². The van der Waals surface area contributed by atoms with Gasteiger partial charge in [0.1, 0.15) is 11.6 Å². The molecule has 0 unspecified atom stereocenters. The molecule has 4 nitrogen and oxygen atoms in total. The molecule has 0 aliphatic carbocycles. The van der Waals surface area contributed by atoms with E-state index in [2.05, 4.69) is 9.97 Å². The van der Waals surface area contributed by atoms with E-state index in [1.54, 1.807) is 0 Å². The van der Waals surface area contributed by atoms with Gasteiger partial charge in [-0.3, -0.25) is 4.79 Å². The maximum Gasteiger partial charge on any atom is 0.254 e. The Morgan fingerprint density at radius 1 is 0.900 bits per heavy atom. The van der Waals surface area contributed by atoms with Crippen LogP contribution in [0.15, 0.2) is 71.5 Å². The molecule has 98 valence electrons. The minimum absolute atomic E-state index is 0.246. The van der Waals surface area contributed by atoms with Crippen LogP contribution in [0.25, 0.3) is 11.4 Å². The highest BCUT2D eigenvalue weighted by molar-refractivity contribution is 5.54. The van der Waals surface area contributed by atoms with Crippen molar-refractivity contribution in [2.24, 2.45) is 0 Å². The Hall–Kier alpha value is -2.88. The molecule has 0 atom stereocenters. The Morgan fingerprint density at radius 2 is 1.55 bits per heavy atom. The zero-order valence-electron chi connectivity index (χ0n) is 10.6. The van der Waals surface area contributed by atoms with E-state index < -0.39 is 0 Å². The lowest BCUT2D eigenvalue weighted by Crippen LogP contribution is -2.08. The molecule has 0 aliphatic heterocycles. The highest BCUT2D eigenvalue weighted by atomic mass is 16.5. The van der Waals surface area contributed by atoms with Gasteiger partial charge in [0.2, 0.25) is 5.88 Å². The highest BCUT2D eigenvalue weighted by Gasteiger charge is 2.05. The molecule has 0 saturated carbocycles. The van der Waals surface area contributed by atoms with Crippen LogP contribution in [-0.4, -0.2) is 9.97 Å². The van der Waals surface area contributed by atoms with E-state index in [9.17, 15) is 4.79 Å². The summed E-state index contributed by atoms with van der Waals surface area (Å²) in [7, 11) is 0. The first-order chi connectivity index (χ1) is 9.81. The van der Waals surface area contributed by atoms with Gasteiger partial charge in [-0.05, 0) is 12.1 Å². The van der Waals surface area contributed by atoms with E-state index in [1.807, 2.05) is 60.7 Å². The van der Waals surface area contributed by atoms with Crippen LogP contribution in [0, 0.1) is 0 Å². The molecule has 20 heavy (non-hydrogen) atoms. The Balaban J connectivity index is 1.97. The number of aromatic nitrogens is 2. The van der Waals surface area contributed by atoms with E-state index in [0.717, 1.165) is 5.56 Å². The maximum absolute atomic E-state index is 11.7. The zero-order chi connectivity index (χ0) is 13.8. The third-order valence-corrected chi connectivity index (χ3v) is 2.73. The number of rotatable bonds is 3. The van der Waals surface area contributed by atoms with E-state index in [1.165, 1.54) is 6.07 Å². The summed E-state index contributed by atoms with van der Waals surface area (Å²) in [6.45, 7) is 0. The van der Waals surface area contributed by atoms with E-state index in [4.69, 9.17) is 4.74 Å². The number of nitrogens with one attached hydrogen (secondary N) is 1. The largest absolute Gasteiger partial charge is 0.439 e. The van der Waals surface area contributed by atoms with Crippen molar-refractivity contribution >= 4 is 0 Å². The summed E-state index contributed by atoms with van der Waals surface area (Å²) >= 11 is 0. The highest BCUT2D eigenvalue weighted by Crippen LogP contribution is 2.20. The van der Waals surface area contributed by atoms with Crippen LogP contribution in [0.1, 0.15) is 0 Å². The second kappa shape index (κ2) is 5.40. The molecular formula is C16H12N2O2. The van der Waals surface area contributed by atoms with Crippen LogP contribution in [0.5, 0.6) is 11.6 Å².